The van der Waals surface area contributed by atoms with Crippen LogP contribution in [-0.4, -0.2) is 22.7 Å². The number of hydrogen-bond acceptors (Lipinski definition) is 7. The van der Waals surface area contributed by atoms with E-state index in [0.717, 1.165) is 0 Å². The molecule has 16 heavy (non-hydrogen) atoms. The molecule has 0 spiro atoms. The number of aromatic nitrogens is 1. The van der Waals surface area contributed by atoms with Gasteiger partial charge in [-0.3, -0.25) is 9.59 Å². The van der Waals surface area contributed by atoms with E-state index in [4.69, 9.17) is 5.73 Å². The third kappa shape index (κ3) is 4.26. The standard InChI is InChI=1S/C6H8O4.C3H4N2S/c1-6(2)9-4(7)3-5(8)10-6;4-3-5-1-2-6-3/h3H2,1-2H3;1-2H,(H2,4,5). The fourth-order valence-corrected chi connectivity index (χ4v) is 1.38. The summed E-state index contributed by atoms with van der Waals surface area (Å²) in [5.74, 6) is -2.13. The van der Waals surface area contributed by atoms with Gasteiger partial charge in [0.15, 0.2) is 5.13 Å². The zero-order chi connectivity index (χ0) is 12.2. The lowest BCUT2D eigenvalue weighted by atomic mass is 10.3. The molecule has 0 unspecified atom stereocenters. The molecule has 1 saturated heterocycles. The van der Waals surface area contributed by atoms with Gasteiger partial charge >= 0.3 is 11.9 Å². The molecule has 1 fully saturated rings. The van der Waals surface area contributed by atoms with Crippen molar-refractivity contribution < 1.29 is 19.1 Å². The topological polar surface area (TPSA) is 91.5 Å². The van der Waals surface area contributed by atoms with Gasteiger partial charge in [-0.2, -0.15) is 0 Å². The van der Waals surface area contributed by atoms with Gasteiger partial charge in [0.1, 0.15) is 6.42 Å². The van der Waals surface area contributed by atoms with Crippen LogP contribution in [0.25, 0.3) is 0 Å². The predicted molar refractivity (Wildman–Crippen MR) is 57.4 cm³/mol. The van der Waals surface area contributed by atoms with Crippen molar-refractivity contribution in [2.24, 2.45) is 0 Å². The first-order valence-electron chi connectivity index (χ1n) is 4.48. The van der Waals surface area contributed by atoms with Gasteiger partial charge in [-0.1, -0.05) is 0 Å². The Bertz CT molecular complexity index is 357. The van der Waals surface area contributed by atoms with Gasteiger partial charge in [0.2, 0.25) is 0 Å². The Balaban J connectivity index is 0.000000181. The van der Waals surface area contributed by atoms with Crippen molar-refractivity contribution in [2.45, 2.75) is 26.1 Å². The van der Waals surface area contributed by atoms with Gasteiger partial charge < -0.3 is 15.2 Å². The van der Waals surface area contributed by atoms with E-state index < -0.39 is 17.7 Å². The molecule has 1 aromatic heterocycles. The summed E-state index contributed by atoms with van der Waals surface area (Å²) < 4.78 is 9.32. The lowest BCUT2D eigenvalue weighted by molar-refractivity contribution is -0.231. The van der Waals surface area contributed by atoms with E-state index in [9.17, 15) is 9.59 Å². The molecule has 1 aliphatic heterocycles. The Labute approximate surface area is 96.4 Å². The predicted octanol–water partition coefficient (Wildman–Crippen LogP) is 0.938. The summed E-state index contributed by atoms with van der Waals surface area (Å²) in [6.07, 6.45) is 1.41. The molecular formula is C9H12N2O4S. The summed E-state index contributed by atoms with van der Waals surface area (Å²) in [6, 6.07) is 0. The molecule has 0 atom stereocenters. The Morgan fingerprint density at radius 1 is 1.38 bits per heavy atom. The molecule has 2 rings (SSSR count). The Hall–Kier alpha value is -1.63. The fraction of sp³-hybridized carbons (Fsp3) is 0.444. The summed E-state index contributed by atoms with van der Waals surface area (Å²) in [5, 5.41) is 2.48. The molecule has 6 nitrogen and oxygen atoms in total. The average molecular weight is 244 g/mol. The van der Waals surface area contributed by atoms with Crippen LogP contribution in [0.1, 0.15) is 20.3 Å². The number of thiazole rings is 1. The number of hydrogen-bond donors (Lipinski definition) is 1. The van der Waals surface area contributed by atoms with Crippen LogP contribution in [0.4, 0.5) is 5.13 Å². The Kier molecular flexibility index (Phi) is 3.83. The molecule has 0 aromatic carbocycles. The van der Waals surface area contributed by atoms with Crippen molar-refractivity contribution in [3.8, 4) is 0 Å². The molecule has 0 aliphatic carbocycles. The number of anilines is 1. The first kappa shape index (κ1) is 12.4. The maximum absolute atomic E-state index is 10.6. The van der Waals surface area contributed by atoms with Crippen LogP contribution in [0, 0.1) is 0 Å². The molecule has 0 bridgehead atoms. The summed E-state index contributed by atoms with van der Waals surface area (Å²) in [5.41, 5.74) is 5.19. The van der Waals surface area contributed by atoms with Crippen molar-refractivity contribution in [1.82, 2.24) is 4.98 Å². The van der Waals surface area contributed by atoms with Crippen LogP contribution in [0.3, 0.4) is 0 Å². The second-order valence-corrected chi connectivity index (χ2v) is 4.32. The minimum atomic E-state index is -1.08. The van der Waals surface area contributed by atoms with Gasteiger partial charge in [0.05, 0.1) is 0 Å². The van der Waals surface area contributed by atoms with E-state index in [0.29, 0.717) is 5.13 Å². The molecule has 1 aliphatic rings. The third-order valence-corrected chi connectivity index (χ3v) is 2.06. The third-order valence-electron chi connectivity index (χ3n) is 1.46. The number of ether oxygens (including phenoxy) is 2. The number of esters is 2. The van der Waals surface area contributed by atoms with E-state index >= 15 is 0 Å². The summed E-state index contributed by atoms with van der Waals surface area (Å²) >= 11 is 1.44. The van der Waals surface area contributed by atoms with Gasteiger partial charge in [0.25, 0.3) is 5.79 Å². The maximum Gasteiger partial charge on any atom is 0.320 e. The van der Waals surface area contributed by atoms with Crippen molar-refractivity contribution in [3.63, 3.8) is 0 Å². The smallest absolute Gasteiger partial charge is 0.320 e. The molecule has 1 aromatic rings. The first-order valence-corrected chi connectivity index (χ1v) is 5.36. The largest absolute Gasteiger partial charge is 0.423 e. The number of nitrogens with zero attached hydrogens (tertiary/aromatic N) is 1. The Morgan fingerprint density at radius 3 is 2.19 bits per heavy atom. The molecule has 0 radical (unpaired) electrons. The van der Waals surface area contributed by atoms with Crippen LogP contribution in [0.2, 0.25) is 0 Å². The van der Waals surface area contributed by atoms with Crippen molar-refractivity contribution in [2.75, 3.05) is 5.73 Å². The molecule has 0 saturated carbocycles. The highest BCUT2D eigenvalue weighted by atomic mass is 32.1. The minimum Gasteiger partial charge on any atom is -0.423 e. The lowest BCUT2D eigenvalue weighted by Crippen LogP contribution is -2.39. The summed E-state index contributed by atoms with van der Waals surface area (Å²) in [7, 11) is 0. The monoisotopic (exact) mass is 244 g/mol. The second-order valence-electron chi connectivity index (χ2n) is 3.40. The molecule has 7 heteroatoms. The molecular weight excluding hydrogens is 232 g/mol. The lowest BCUT2D eigenvalue weighted by Gasteiger charge is -2.28. The number of carbonyl (C=O) groups excluding carboxylic acids is 2. The van der Waals surface area contributed by atoms with Gasteiger partial charge in [-0.25, -0.2) is 4.98 Å². The molecule has 88 valence electrons. The second kappa shape index (κ2) is 4.93. The van der Waals surface area contributed by atoms with Gasteiger partial charge in [-0.15, -0.1) is 11.3 Å². The van der Waals surface area contributed by atoms with E-state index in [1.807, 2.05) is 5.38 Å². The Morgan fingerprint density at radius 2 is 1.94 bits per heavy atom. The summed E-state index contributed by atoms with van der Waals surface area (Å²) in [4.78, 5) is 24.8. The van der Waals surface area contributed by atoms with Crippen LogP contribution < -0.4 is 5.73 Å². The highest BCUT2D eigenvalue weighted by Crippen LogP contribution is 2.18. The molecule has 0 amide bonds. The van der Waals surface area contributed by atoms with Crippen LogP contribution in [-0.2, 0) is 19.1 Å². The van der Waals surface area contributed by atoms with E-state index in [1.54, 1.807) is 6.20 Å². The highest BCUT2D eigenvalue weighted by molar-refractivity contribution is 7.13. The molecule has 2 N–H and O–H groups in total. The quantitative estimate of drug-likeness (QED) is 0.539. The van der Waals surface area contributed by atoms with E-state index in [2.05, 4.69) is 14.5 Å². The van der Waals surface area contributed by atoms with Crippen LogP contribution >= 0.6 is 11.3 Å². The zero-order valence-corrected chi connectivity index (χ0v) is 9.74. The van der Waals surface area contributed by atoms with Gasteiger partial charge in [0, 0.05) is 25.4 Å². The van der Waals surface area contributed by atoms with E-state index in [-0.39, 0.29) is 6.42 Å². The number of cyclic esters (lactones) is 2. The van der Waals surface area contributed by atoms with Crippen molar-refractivity contribution >= 4 is 28.4 Å². The maximum atomic E-state index is 10.6. The number of nitrogens with two attached hydrogens (primary N) is 1. The van der Waals surface area contributed by atoms with Crippen molar-refractivity contribution in [1.29, 1.82) is 0 Å². The van der Waals surface area contributed by atoms with Crippen LogP contribution in [0.5, 0.6) is 0 Å². The van der Waals surface area contributed by atoms with E-state index in [1.165, 1.54) is 25.2 Å². The van der Waals surface area contributed by atoms with Crippen molar-refractivity contribution in [3.05, 3.63) is 11.6 Å². The fourth-order valence-electron chi connectivity index (χ4n) is 0.994. The number of carbonyl (C=O) groups is 2. The average Bonchev–Trinajstić information content (AvgIpc) is 2.51. The van der Waals surface area contributed by atoms with Crippen LogP contribution in [0.15, 0.2) is 11.6 Å². The minimum absolute atomic E-state index is 0.274. The first-order chi connectivity index (χ1) is 7.39. The number of rotatable bonds is 0. The van der Waals surface area contributed by atoms with Gasteiger partial charge in [-0.05, 0) is 0 Å². The number of nitrogen functional groups attached to an aromatic ring is 1. The summed E-state index contributed by atoms with van der Waals surface area (Å²) in [6.45, 7) is 3.03. The molecule has 2 heterocycles. The normalized spacial score (nSPS) is 17.9. The SMILES string of the molecule is CC1(C)OC(=O)CC(=O)O1.Nc1nccs1. The zero-order valence-electron chi connectivity index (χ0n) is 8.93. The highest BCUT2D eigenvalue weighted by Gasteiger charge is 2.34.